The molecule has 1 N–H and O–H groups in total. The molecule has 0 fully saturated rings. The number of amides is 2. The highest BCUT2D eigenvalue weighted by molar-refractivity contribution is 6.30. The molecule has 1 aliphatic heterocycles. The molecule has 4 nitrogen and oxygen atoms in total. The molecule has 0 saturated heterocycles. The van der Waals surface area contributed by atoms with Gasteiger partial charge in [-0.2, -0.15) is 0 Å². The van der Waals surface area contributed by atoms with E-state index in [1.165, 1.54) is 0 Å². The largest absolute Gasteiger partial charge is 0.348 e. The lowest BCUT2D eigenvalue weighted by Crippen LogP contribution is -2.52. The number of rotatable bonds is 1. The second-order valence-electron chi connectivity index (χ2n) is 6.95. The Kier molecular flexibility index (Phi) is 4.11. The van der Waals surface area contributed by atoms with Crippen molar-refractivity contribution >= 4 is 17.6 Å². The summed E-state index contributed by atoms with van der Waals surface area (Å²) < 4.78 is 2.21. The van der Waals surface area contributed by atoms with Gasteiger partial charge in [0.25, 0.3) is 0 Å². The lowest BCUT2D eigenvalue weighted by molar-refractivity contribution is 0.161. The summed E-state index contributed by atoms with van der Waals surface area (Å²) in [4.78, 5) is 14.7. The Bertz CT molecular complexity index is 700. The number of hydrogen-bond acceptors (Lipinski definition) is 1. The Balaban J connectivity index is 1.98. The number of aromatic nitrogens is 1. The van der Waals surface area contributed by atoms with Gasteiger partial charge in [0, 0.05) is 35.5 Å². The molecule has 0 unspecified atom stereocenters. The van der Waals surface area contributed by atoms with Gasteiger partial charge >= 0.3 is 6.03 Å². The summed E-state index contributed by atoms with van der Waals surface area (Å²) in [5.74, 6) is 0. The molecular weight excluding hydrogens is 310 g/mol. The van der Waals surface area contributed by atoms with Gasteiger partial charge in [-0.3, -0.25) is 0 Å². The van der Waals surface area contributed by atoms with Crippen LogP contribution < -0.4 is 5.32 Å². The first kappa shape index (κ1) is 15.9. The third-order valence-corrected chi connectivity index (χ3v) is 4.22. The van der Waals surface area contributed by atoms with Crippen LogP contribution in [0.4, 0.5) is 4.79 Å². The van der Waals surface area contributed by atoms with E-state index in [2.05, 4.69) is 22.1 Å². The molecule has 2 amide bonds. The van der Waals surface area contributed by atoms with E-state index in [-0.39, 0.29) is 17.6 Å². The molecule has 0 bridgehead atoms. The predicted molar refractivity (Wildman–Crippen MR) is 92.7 cm³/mol. The van der Waals surface area contributed by atoms with E-state index in [1.54, 1.807) is 0 Å². The molecule has 1 atom stereocenters. The molecule has 1 aromatic carbocycles. The maximum Gasteiger partial charge on any atom is 0.318 e. The molecule has 3 rings (SSSR count). The number of carbonyl (C=O) groups is 1. The minimum atomic E-state index is -0.263. The Labute approximate surface area is 142 Å². The summed E-state index contributed by atoms with van der Waals surface area (Å²) in [6, 6.07) is 11.7. The molecule has 1 aromatic heterocycles. The quantitative estimate of drug-likeness (QED) is 0.840. The topological polar surface area (TPSA) is 37.3 Å². The van der Waals surface area contributed by atoms with Crippen LogP contribution >= 0.6 is 11.6 Å². The standard InChI is InChI=1S/C18H22ClN3O/c1-18(2,3)20-17(23)22-12-11-21-10-4-5-15(21)16(22)13-6-8-14(19)9-7-13/h4-10,16H,11-12H2,1-3H3,(H,20,23)/t16-/m1/s1. The van der Waals surface area contributed by atoms with Crippen molar-refractivity contribution in [3.63, 3.8) is 0 Å². The molecular formula is C18H22ClN3O. The van der Waals surface area contributed by atoms with Gasteiger partial charge in [-0.05, 0) is 50.6 Å². The number of benzene rings is 1. The number of carbonyl (C=O) groups excluding carboxylic acids is 1. The lowest BCUT2D eigenvalue weighted by atomic mass is 10.00. The third kappa shape index (κ3) is 3.37. The normalized spacial score (nSPS) is 17.7. The van der Waals surface area contributed by atoms with Gasteiger partial charge in [0.15, 0.2) is 0 Å². The van der Waals surface area contributed by atoms with E-state index in [1.807, 2.05) is 56.0 Å². The van der Waals surface area contributed by atoms with Gasteiger partial charge in [0.1, 0.15) is 0 Å². The second kappa shape index (κ2) is 5.93. The zero-order valence-electron chi connectivity index (χ0n) is 13.7. The Hall–Kier alpha value is -1.94. The van der Waals surface area contributed by atoms with Crippen LogP contribution in [-0.4, -0.2) is 27.6 Å². The Morgan fingerprint density at radius 1 is 1.17 bits per heavy atom. The summed E-state index contributed by atoms with van der Waals surface area (Å²) in [6.07, 6.45) is 2.07. The van der Waals surface area contributed by atoms with Crippen LogP contribution in [0.5, 0.6) is 0 Å². The van der Waals surface area contributed by atoms with Gasteiger partial charge in [0.2, 0.25) is 0 Å². The van der Waals surface area contributed by atoms with E-state index in [9.17, 15) is 4.79 Å². The molecule has 0 aliphatic carbocycles. The fourth-order valence-electron chi connectivity index (χ4n) is 2.99. The van der Waals surface area contributed by atoms with Crippen molar-refractivity contribution in [3.05, 3.63) is 58.9 Å². The molecule has 1 aliphatic rings. The molecule has 23 heavy (non-hydrogen) atoms. The molecule has 2 heterocycles. The van der Waals surface area contributed by atoms with Crippen molar-refractivity contribution in [2.75, 3.05) is 6.54 Å². The first-order chi connectivity index (χ1) is 10.8. The van der Waals surface area contributed by atoms with Crippen molar-refractivity contribution in [2.24, 2.45) is 0 Å². The highest BCUT2D eigenvalue weighted by Crippen LogP contribution is 2.33. The summed E-state index contributed by atoms with van der Waals surface area (Å²) in [6.45, 7) is 7.47. The van der Waals surface area contributed by atoms with Crippen molar-refractivity contribution in [3.8, 4) is 0 Å². The van der Waals surface area contributed by atoms with Crippen molar-refractivity contribution < 1.29 is 4.79 Å². The van der Waals surface area contributed by atoms with E-state index >= 15 is 0 Å². The van der Waals surface area contributed by atoms with Crippen molar-refractivity contribution in [1.82, 2.24) is 14.8 Å². The fourth-order valence-corrected chi connectivity index (χ4v) is 3.12. The number of nitrogens with zero attached hydrogens (tertiary/aromatic N) is 2. The molecule has 5 heteroatoms. The van der Waals surface area contributed by atoms with Crippen LogP contribution in [0, 0.1) is 0 Å². The number of fused-ring (bicyclic) bond motifs is 1. The molecule has 0 saturated carbocycles. The van der Waals surface area contributed by atoms with Crippen LogP contribution in [0.2, 0.25) is 5.02 Å². The average molecular weight is 332 g/mol. The summed E-state index contributed by atoms with van der Waals surface area (Å²) in [7, 11) is 0. The fraction of sp³-hybridized carbons (Fsp3) is 0.389. The monoisotopic (exact) mass is 331 g/mol. The minimum absolute atomic E-state index is 0.0371. The summed E-state index contributed by atoms with van der Waals surface area (Å²) in [5, 5.41) is 3.77. The van der Waals surface area contributed by atoms with Crippen molar-refractivity contribution in [2.45, 2.75) is 38.9 Å². The van der Waals surface area contributed by atoms with Crippen LogP contribution in [0.15, 0.2) is 42.6 Å². The SMILES string of the molecule is CC(C)(C)NC(=O)N1CCn2cccc2[C@H]1c1ccc(Cl)cc1. The average Bonchev–Trinajstić information content (AvgIpc) is 2.93. The number of halogens is 1. The number of urea groups is 1. The lowest BCUT2D eigenvalue weighted by Gasteiger charge is -2.39. The summed E-state index contributed by atoms with van der Waals surface area (Å²) in [5.41, 5.74) is 1.93. The molecule has 0 spiro atoms. The predicted octanol–water partition coefficient (Wildman–Crippen LogP) is 4.05. The maximum absolute atomic E-state index is 12.8. The first-order valence-electron chi connectivity index (χ1n) is 7.84. The van der Waals surface area contributed by atoms with Gasteiger partial charge < -0.3 is 14.8 Å². The molecule has 122 valence electrons. The first-order valence-corrected chi connectivity index (χ1v) is 8.22. The van der Waals surface area contributed by atoms with Gasteiger partial charge in [-0.15, -0.1) is 0 Å². The molecule has 2 aromatic rings. The van der Waals surface area contributed by atoms with E-state index in [0.29, 0.717) is 11.6 Å². The maximum atomic E-state index is 12.8. The van der Waals surface area contributed by atoms with Gasteiger partial charge in [-0.25, -0.2) is 4.79 Å². The van der Waals surface area contributed by atoms with E-state index in [0.717, 1.165) is 17.8 Å². The van der Waals surface area contributed by atoms with Crippen LogP contribution in [0.3, 0.4) is 0 Å². The smallest absolute Gasteiger partial charge is 0.318 e. The van der Waals surface area contributed by atoms with Crippen molar-refractivity contribution in [1.29, 1.82) is 0 Å². The number of nitrogens with one attached hydrogen (secondary N) is 1. The number of hydrogen-bond donors (Lipinski definition) is 1. The Morgan fingerprint density at radius 2 is 1.87 bits per heavy atom. The second-order valence-corrected chi connectivity index (χ2v) is 7.39. The van der Waals surface area contributed by atoms with Crippen LogP contribution in [0.25, 0.3) is 0 Å². The van der Waals surface area contributed by atoms with Gasteiger partial charge in [-0.1, -0.05) is 23.7 Å². The zero-order valence-corrected chi connectivity index (χ0v) is 14.5. The van der Waals surface area contributed by atoms with Gasteiger partial charge in [0.05, 0.1) is 6.04 Å². The summed E-state index contributed by atoms with van der Waals surface area (Å²) >= 11 is 6.02. The Morgan fingerprint density at radius 3 is 2.52 bits per heavy atom. The minimum Gasteiger partial charge on any atom is -0.348 e. The third-order valence-electron chi connectivity index (χ3n) is 3.97. The van der Waals surface area contributed by atoms with E-state index in [4.69, 9.17) is 11.6 Å². The van der Waals surface area contributed by atoms with E-state index < -0.39 is 0 Å². The van der Waals surface area contributed by atoms with Crippen LogP contribution in [-0.2, 0) is 6.54 Å². The molecule has 0 radical (unpaired) electrons. The van der Waals surface area contributed by atoms with Crippen LogP contribution in [0.1, 0.15) is 38.1 Å². The highest BCUT2D eigenvalue weighted by atomic mass is 35.5. The highest BCUT2D eigenvalue weighted by Gasteiger charge is 2.33. The zero-order chi connectivity index (χ0) is 16.6.